The van der Waals surface area contributed by atoms with Crippen LogP contribution in [0.25, 0.3) is 0 Å². The topological polar surface area (TPSA) is 84.3 Å². The number of nitrogens with zero attached hydrogens (tertiary/aromatic N) is 3. The molecule has 7 nitrogen and oxygen atoms in total. The Bertz CT molecular complexity index is 970. The van der Waals surface area contributed by atoms with Gasteiger partial charge in [0.25, 0.3) is 0 Å². The largest absolute Gasteiger partial charge is 0.355 e. The fourth-order valence-corrected chi connectivity index (χ4v) is 5.05. The number of rotatable bonds is 6. The monoisotopic (exact) mass is 408 g/mol. The first-order valence-corrected chi connectivity index (χ1v) is 10.7. The molecule has 1 aliphatic rings. The van der Waals surface area contributed by atoms with E-state index >= 15 is 0 Å². The molecule has 1 amide bonds. The van der Waals surface area contributed by atoms with Crippen LogP contribution < -0.4 is 5.32 Å². The zero-order valence-corrected chi connectivity index (χ0v) is 17.1. The number of benzene rings is 1. The van der Waals surface area contributed by atoms with Gasteiger partial charge < -0.3 is 5.32 Å². The molecule has 1 aromatic heterocycles. The van der Waals surface area contributed by atoms with Crippen molar-refractivity contribution in [1.29, 1.82) is 0 Å². The van der Waals surface area contributed by atoms with Crippen LogP contribution in [0, 0.1) is 25.6 Å². The molecule has 1 aliphatic heterocycles. The normalized spacial score (nSPS) is 17.8. The molecule has 0 bridgehead atoms. The number of aryl methyl sites for hydroxylation is 2. The Morgan fingerprint density at radius 3 is 2.57 bits per heavy atom. The third-order valence-electron chi connectivity index (χ3n) is 5.31. The Morgan fingerprint density at radius 2 is 1.96 bits per heavy atom. The van der Waals surface area contributed by atoms with Crippen LogP contribution in [0.5, 0.6) is 0 Å². The van der Waals surface area contributed by atoms with Crippen LogP contribution in [-0.4, -0.2) is 48.0 Å². The molecule has 2 heterocycles. The molecule has 0 saturated carbocycles. The average Bonchev–Trinajstić information content (AvgIpc) is 3.23. The van der Waals surface area contributed by atoms with Gasteiger partial charge >= 0.3 is 0 Å². The van der Waals surface area contributed by atoms with Gasteiger partial charge in [0.1, 0.15) is 5.82 Å². The molecule has 1 saturated heterocycles. The van der Waals surface area contributed by atoms with Crippen LogP contribution in [0.3, 0.4) is 0 Å². The van der Waals surface area contributed by atoms with E-state index in [1.54, 1.807) is 0 Å². The maximum absolute atomic E-state index is 13.0. The molecule has 1 fully saturated rings. The zero-order chi connectivity index (χ0) is 20.5. The molecule has 28 heavy (non-hydrogen) atoms. The molecule has 0 radical (unpaired) electrons. The number of hydrogen-bond donors (Lipinski definition) is 1. The highest BCUT2D eigenvalue weighted by Crippen LogP contribution is 2.24. The molecule has 0 aliphatic carbocycles. The average molecular weight is 408 g/mol. The highest BCUT2D eigenvalue weighted by Gasteiger charge is 2.35. The van der Waals surface area contributed by atoms with Gasteiger partial charge in [-0.15, -0.1) is 0 Å². The molecular formula is C19H25FN4O3S. The SMILES string of the molecule is Cc1nn(C)c(C)c1CCNC(=O)[C@@H]1CCN(S(=O)(=O)c2ccc(F)cc2)C1. The number of nitrogens with one attached hydrogen (secondary N) is 1. The Hall–Kier alpha value is -2.26. The third kappa shape index (κ3) is 4.10. The van der Waals surface area contributed by atoms with Crippen LogP contribution in [0.1, 0.15) is 23.4 Å². The zero-order valence-electron chi connectivity index (χ0n) is 16.3. The Morgan fingerprint density at radius 1 is 1.29 bits per heavy atom. The summed E-state index contributed by atoms with van der Waals surface area (Å²) in [6.07, 6.45) is 1.15. The summed E-state index contributed by atoms with van der Waals surface area (Å²) >= 11 is 0. The number of carbonyl (C=O) groups excluding carboxylic acids is 1. The number of sulfonamides is 1. The molecular weight excluding hydrogens is 383 g/mol. The summed E-state index contributed by atoms with van der Waals surface area (Å²) < 4.78 is 41.5. The molecule has 1 N–H and O–H groups in total. The maximum Gasteiger partial charge on any atom is 0.243 e. The predicted octanol–water partition coefficient (Wildman–Crippen LogP) is 1.55. The van der Waals surface area contributed by atoms with Gasteiger partial charge in [-0.25, -0.2) is 12.8 Å². The van der Waals surface area contributed by atoms with E-state index in [-0.39, 0.29) is 29.8 Å². The predicted molar refractivity (Wildman–Crippen MR) is 103 cm³/mol. The van der Waals surface area contributed by atoms with E-state index in [2.05, 4.69) is 10.4 Å². The van der Waals surface area contributed by atoms with E-state index < -0.39 is 15.8 Å². The van der Waals surface area contributed by atoms with E-state index in [0.29, 0.717) is 19.4 Å². The van der Waals surface area contributed by atoms with Gasteiger partial charge in [-0.2, -0.15) is 9.40 Å². The van der Waals surface area contributed by atoms with E-state index in [1.807, 2.05) is 25.6 Å². The van der Waals surface area contributed by atoms with E-state index in [4.69, 9.17) is 0 Å². The molecule has 152 valence electrons. The lowest BCUT2D eigenvalue weighted by Crippen LogP contribution is -2.35. The highest BCUT2D eigenvalue weighted by atomic mass is 32.2. The number of halogens is 1. The van der Waals surface area contributed by atoms with Gasteiger partial charge in [-0.1, -0.05) is 0 Å². The second kappa shape index (κ2) is 8.00. The smallest absolute Gasteiger partial charge is 0.243 e. The van der Waals surface area contributed by atoms with E-state index in [0.717, 1.165) is 29.1 Å². The lowest BCUT2D eigenvalue weighted by molar-refractivity contribution is -0.124. The van der Waals surface area contributed by atoms with Crippen molar-refractivity contribution in [2.24, 2.45) is 13.0 Å². The summed E-state index contributed by atoms with van der Waals surface area (Å²) in [6, 6.07) is 4.73. The first-order chi connectivity index (χ1) is 13.2. The van der Waals surface area contributed by atoms with E-state index in [1.165, 1.54) is 16.4 Å². The molecule has 1 aromatic carbocycles. The second-order valence-corrected chi connectivity index (χ2v) is 9.05. The summed E-state index contributed by atoms with van der Waals surface area (Å²) in [5.41, 5.74) is 3.14. The van der Waals surface area contributed by atoms with Crippen molar-refractivity contribution < 1.29 is 17.6 Å². The van der Waals surface area contributed by atoms with Gasteiger partial charge in [0.05, 0.1) is 16.5 Å². The molecule has 0 spiro atoms. The van der Waals surface area contributed by atoms with Crippen molar-refractivity contribution >= 4 is 15.9 Å². The molecule has 9 heteroatoms. The minimum absolute atomic E-state index is 0.0393. The molecule has 2 aromatic rings. The van der Waals surface area contributed by atoms with Crippen molar-refractivity contribution in [3.8, 4) is 0 Å². The summed E-state index contributed by atoms with van der Waals surface area (Å²) in [4.78, 5) is 12.5. The van der Waals surface area contributed by atoms with Crippen molar-refractivity contribution in [2.45, 2.75) is 31.6 Å². The quantitative estimate of drug-likeness (QED) is 0.786. The standard InChI is InChI=1S/C19H25FN4O3S/c1-13-18(14(2)23(3)22-13)8-10-21-19(25)15-9-11-24(12-15)28(26,27)17-6-4-16(20)5-7-17/h4-7,15H,8-12H2,1-3H3,(H,21,25)/t15-/m1/s1. The van der Waals surface area contributed by atoms with Gasteiger partial charge in [0.2, 0.25) is 15.9 Å². The highest BCUT2D eigenvalue weighted by molar-refractivity contribution is 7.89. The Labute approximate surface area is 164 Å². The summed E-state index contributed by atoms with van der Waals surface area (Å²) in [6.45, 7) is 4.83. The number of carbonyl (C=O) groups is 1. The van der Waals surface area contributed by atoms with Gasteiger partial charge in [0.15, 0.2) is 0 Å². The number of amides is 1. The summed E-state index contributed by atoms with van der Waals surface area (Å²) in [7, 11) is -1.83. The van der Waals surface area contributed by atoms with Crippen molar-refractivity contribution in [3.63, 3.8) is 0 Å². The lowest BCUT2D eigenvalue weighted by atomic mass is 10.1. The van der Waals surface area contributed by atoms with E-state index in [9.17, 15) is 17.6 Å². The van der Waals surface area contributed by atoms with Crippen LogP contribution in [-0.2, 0) is 28.3 Å². The fraction of sp³-hybridized carbons (Fsp3) is 0.474. The first kappa shape index (κ1) is 20.5. The van der Waals surface area contributed by atoms with Crippen molar-refractivity contribution in [2.75, 3.05) is 19.6 Å². The summed E-state index contributed by atoms with van der Waals surface area (Å²) in [5.74, 6) is -1.01. The minimum atomic E-state index is -3.72. The summed E-state index contributed by atoms with van der Waals surface area (Å²) in [5, 5.41) is 7.27. The fourth-order valence-electron chi connectivity index (χ4n) is 3.55. The van der Waals surface area contributed by atoms with Crippen molar-refractivity contribution in [1.82, 2.24) is 19.4 Å². The van der Waals surface area contributed by atoms with Gasteiger partial charge in [0, 0.05) is 32.4 Å². The molecule has 1 atom stereocenters. The Kier molecular flexibility index (Phi) is 5.85. The number of hydrogen-bond acceptors (Lipinski definition) is 4. The number of aromatic nitrogens is 2. The van der Waals surface area contributed by atoms with Gasteiger partial charge in [-0.3, -0.25) is 9.48 Å². The van der Waals surface area contributed by atoms with Crippen LogP contribution >= 0.6 is 0 Å². The Balaban J connectivity index is 1.56. The van der Waals surface area contributed by atoms with Crippen LogP contribution in [0.15, 0.2) is 29.2 Å². The molecule has 0 unspecified atom stereocenters. The maximum atomic E-state index is 13.0. The first-order valence-electron chi connectivity index (χ1n) is 9.22. The third-order valence-corrected chi connectivity index (χ3v) is 7.19. The minimum Gasteiger partial charge on any atom is -0.355 e. The lowest BCUT2D eigenvalue weighted by Gasteiger charge is -2.16. The van der Waals surface area contributed by atoms with Crippen LogP contribution in [0.2, 0.25) is 0 Å². The van der Waals surface area contributed by atoms with Crippen LogP contribution in [0.4, 0.5) is 4.39 Å². The second-order valence-electron chi connectivity index (χ2n) is 7.12. The van der Waals surface area contributed by atoms with Gasteiger partial charge in [-0.05, 0) is 56.5 Å². The van der Waals surface area contributed by atoms with Crippen molar-refractivity contribution in [3.05, 3.63) is 47.0 Å². The molecule has 3 rings (SSSR count).